The molecule has 9 rings (SSSR count). The van der Waals surface area contributed by atoms with E-state index in [1.54, 1.807) is 0 Å². The van der Waals surface area contributed by atoms with E-state index < -0.39 is 25.9 Å². The van der Waals surface area contributed by atoms with Crippen LogP contribution in [0.4, 0.5) is 0 Å². The Morgan fingerprint density at radius 3 is 1.34 bits per heavy atom. The van der Waals surface area contributed by atoms with Crippen LogP contribution >= 0.6 is 17.0 Å². The molecular weight excluding hydrogens is 959 g/mol. The van der Waals surface area contributed by atoms with Crippen molar-refractivity contribution in [3.63, 3.8) is 0 Å². The molecular formula is C64H75Cl2SiZr. The first-order chi connectivity index (χ1) is 32.5. The fourth-order valence-electron chi connectivity index (χ4n) is 12.7. The Balaban J connectivity index is 1.38. The molecule has 6 aromatic carbocycles. The van der Waals surface area contributed by atoms with Gasteiger partial charge in [0.2, 0.25) is 0 Å². The van der Waals surface area contributed by atoms with Crippen molar-refractivity contribution in [1.82, 2.24) is 0 Å². The van der Waals surface area contributed by atoms with Gasteiger partial charge in [0.1, 0.15) is 0 Å². The van der Waals surface area contributed by atoms with E-state index in [4.69, 9.17) is 0 Å². The Hall–Kier alpha value is -3.52. The Labute approximate surface area is 421 Å². The number of hydrogen-bond donors (Lipinski definition) is 0. The van der Waals surface area contributed by atoms with Gasteiger partial charge in [-0.15, -0.1) is 0 Å². The second-order valence-electron chi connectivity index (χ2n) is 21.9. The van der Waals surface area contributed by atoms with Crippen molar-refractivity contribution in [2.45, 2.75) is 153 Å². The van der Waals surface area contributed by atoms with Gasteiger partial charge in [0.15, 0.2) is 0 Å². The Morgan fingerprint density at radius 1 is 0.500 bits per heavy atom. The number of halogens is 2. The Bertz CT molecular complexity index is 2790. The summed E-state index contributed by atoms with van der Waals surface area (Å²) in [5.74, 6) is 1.70. The summed E-state index contributed by atoms with van der Waals surface area (Å²) in [5, 5.41) is 2.99. The Kier molecular flexibility index (Phi) is 14.0. The third-order valence-corrected chi connectivity index (χ3v) is 39.0. The van der Waals surface area contributed by atoms with Crippen molar-refractivity contribution in [3.8, 4) is 33.4 Å². The molecule has 0 N–H and O–H groups in total. The summed E-state index contributed by atoms with van der Waals surface area (Å²) in [6, 6.07) is 41.1. The number of aryl methyl sites for hydroxylation is 2. The fourth-order valence-corrected chi connectivity index (χ4v) is 40.9. The zero-order valence-corrected chi connectivity index (χ0v) is 48.5. The SMILES string of the molecule is CCCc1ccc2c(c1-c1cc(C(C)C)cc(C(C)C)c1)C=C(CC)[CH]2[Zr]([Cl])([Cl])([c]1cccc2c1[SiH2]c1ccccc1-2)[CH]1C(CC)=Cc2c1ccc(CCC)c2-c1cc(C(C)C)cc(C(C)C)c1. The van der Waals surface area contributed by atoms with Crippen LogP contribution in [0, 0.1) is 0 Å². The van der Waals surface area contributed by atoms with Crippen LogP contribution in [0.1, 0.15) is 195 Å². The van der Waals surface area contributed by atoms with Crippen LogP contribution in [0.2, 0.25) is 0 Å². The van der Waals surface area contributed by atoms with Crippen molar-refractivity contribution in [2.24, 2.45) is 0 Å². The average molecular weight is 1030 g/mol. The summed E-state index contributed by atoms with van der Waals surface area (Å²) in [7, 11) is 18.2. The van der Waals surface area contributed by atoms with Gasteiger partial charge >= 0.3 is 425 Å². The molecule has 1 heterocycles. The zero-order chi connectivity index (χ0) is 48.4. The predicted molar refractivity (Wildman–Crippen MR) is 301 cm³/mol. The third kappa shape index (κ3) is 8.22. The number of fused-ring (bicyclic) bond motifs is 5. The summed E-state index contributed by atoms with van der Waals surface area (Å²) in [4.78, 5) is 0. The molecule has 0 fully saturated rings. The number of hydrogen-bond acceptors (Lipinski definition) is 0. The van der Waals surface area contributed by atoms with Gasteiger partial charge in [0.25, 0.3) is 0 Å². The standard InChI is InChI=1S/2C26H33.C12H9Si.2ClH.Zr/c2*1-7-9-20-10-11-21-12-19(8-2)13-25(21)26(20)24-15-22(17(3)4)14-23(16-24)18(5)6;1-3-7-11-9(5-1)10-6-2-4-8-12(10)13-11;;;/h2*10-18H,7-9H2,1-6H3;1-7H,13H2;2*1H;/q;;;;;+2/p-2. The first kappa shape index (κ1) is 49.5. The van der Waals surface area contributed by atoms with Gasteiger partial charge in [0, 0.05) is 0 Å². The van der Waals surface area contributed by atoms with E-state index in [1.165, 1.54) is 114 Å². The van der Waals surface area contributed by atoms with E-state index in [0.29, 0.717) is 23.7 Å². The Morgan fingerprint density at radius 2 is 0.926 bits per heavy atom. The number of rotatable bonds is 15. The van der Waals surface area contributed by atoms with E-state index >= 15 is 0 Å². The van der Waals surface area contributed by atoms with E-state index in [2.05, 4.69) is 198 Å². The van der Waals surface area contributed by atoms with Crippen LogP contribution in [-0.4, -0.2) is 9.52 Å². The molecule has 0 saturated heterocycles. The maximum absolute atomic E-state index is 9.54. The molecule has 0 radical (unpaired) electrons. The van der Waals surface area contributed by atoms with Crippen molar-refractivity contribution in [2.75, 3.05) is 0 Å². The van der Waals surface area contributed by atoms with Gasteiger partial charge < -0.3 is 0 Å². The van der Waals surface area contributed by atoms with Gasteiger partial charge in [0.05, 0.1) is 0 Å². The molecule has 2 aliphatic carbocycles. The number of allylic oxidation sites excluding steroid dienone is 2. The molecule has 0 aromatic heterocycles. The molecule has 2 atom stereocenters. The monoisotopic (exact) mass is 1030 g/mol. The molecule has 1 aliphatic heterocycles. The van der Waals surface area contributed by atoms with E-state index in [9.17, 15) is 17.0 Å². The minimum atomic E-state index is -5.72. The first-order valence-electron chi connectivity index (χ1n) is 26.3. The summed E-state index contributed by atoms with van der Waals surface area (Å²) < 4.78 is 1.12. The topological polar surface area (TPSA) is 0 Å². The van der Waals surface area contributed by atoms with Crippen LogP contribution in [-0.2, 0) is 29.2 Å². The van der Waals surface area contributed by atoms with Crippen molar-refractivity contribution >= 4 is 52.3 Å². The molecule has 0 spiro atoms. The van der Waals surface area contributed by atoms with E-state index in [-0.39, 0.29) is 7.25 Å². The molecule has 0 nitrogen and oxygen atoms in total. The van der Waals surface area contributed by atoms with E-state index in [0.717, 1.165) is 38.5 Å². The molecule has 6 aromatic rings. The van der Waals surface area contributed by atoms with Crippen LogP contribution < -0.4 is 13.6 Å². The molecule has 0 bridgehead atoms. The normalized spacial score (nSPS) is 17.2. The first-order valence-corrected chi connectivity index (χ1v) is 38.2. The maximum atomic E-state index is 9.54. The van der Waals surface area contributed by atoms with E-state index in [1.807, 2.05) is 0 Å². The quantitative estimate of drug-likeness (QED) is 0.0898. The summed E-state index contributed by atoms with van der Waals surface area (Å²) in [6.45, 7) is 28.1. The van der Waals surface area contributed by atoms with Gasteiger partial charge in [-0.25, -0.2) is 0 Å². The second kappa shape index (κ2) is 19.2. The van der Waals surface area contributed by atoms with Gasteiger partial charge in [-0.05, 0) is 0 Å². The van der Waals surface area contributed by atoms with Crippen LogP contribution in [0.15, 0.2) is 114 Å². The minimum absolute atomic E-state index is 0.0993. The molecule has 4 heteroatoms. The average Bonchev–Trinajstić information content (AvgIpc) is 4.03. The summed E-state index contributed by atoms with van der Waals surface area (Å²) in [5.41, 5.74) is 24.9. The summed E-state index contributed by atoms with van der Waals surface area (Å²) >= 11 is -5.72. The van der Waals surface area contributed by atoms with Gasteiger partial charge in [-0.1, -0.05) is 0 Å². The third-order valence-electron chi connectivity index (χ3n) is 16.2. The molecule has 353 valence electrons. The number of benzene rings is 6. The predicted octanol–water partition coefficient (Wildman–Crippen LogP) is 17.2. The van der Waals surface area contributed by atoms with Crippen molar-refractivity contribution in [1.29, 1.82) is 0 Å². The zero-order valence-electron chi connectivity index (χ0n) is 43.1. The van der Waals surface area contributed by atoms with Crippen LogP contribution in [0.3, 0.4) is 0 Å². The molecule has 68 heavy (non-hydrogen) atoms. The molecule has 0 amide bonds. The van der Waals surface area contributed by atoms with Crippen molar-refractivity contribution in [3.05, 3.63) is 170 Å². The molecule has 3 aliphatic rings. The van der Waals surface area contributed by atoms with Gasteiger partial charge in [-0.2, -0.15) is 0 Å². The van der Waals surface area contributed by atoms with Crippen LogP contribution in [0.25, 0.3) is 45.5 Å². The van der Waals surface area contributed by atoms with Gasteiger partial charge in [-0.3, -0.25) is 0 Å². The van der Waals surface area contributed by atoms with Crippen molar-refractivity contribution < 1.29 is 16.4 Å². The van der Waals surface area contributed by atoms with Crippen LogP contribution in [0.5, 0.6) is 0 Å². The fraction of sp³-hybridized carbons (Fsp3) is 0.375. The summed E-state index contributed by atoms with van der Waals surface area (Å²) in [6.07, 6.45) is 11.2. The molecule has 2 unspecified atom stereocenters. The molecule has 0 saturated carbocycles. The second-order valence-corrected chi connectivity index (χ2v) is 44.4.